The number of nitrogens with one attached hydrogen (secondary N) is 2. The fourth-order valence-corrected chi connectivity index (χ4v) is 1.39. The molecule has 1 heterocycles. The highest BCUT2D eigenvalue weighted by Crippen LogP contribution is 1.90. The number of hydrogen-bond acceptors (Lipinski definition) is 3. The quantitative estimate of drug-likeness (QED) is 0.694. The van der Waals surface area contributed by atoms with Gasteiger partial charge in [-0.05, 0) is 6.42 Å². The maximum Gasteiger partial charge on any atom is 0.234 e. The summed E-state index contributed by atoms with van der Waals surface area (Å²) in [5, 5.41) is 6.14. The van der Waals surface area contributed by atoms with E-state index in [0.717, 1.165) is 39.1 Å². The first-order chi connectivity index (χ1) is 6.33. The molecule has 0 atom stereocenters. The van der Waals surface area contributed by atoms with Gasteiger partial charge in [-0.15, -0.1) is 12.4 Å². The first-order valence-corrected chi connectivity index (χ1v) is 5.02. The molecule has 1 fully saturated rings. The molecule has 1 aliphatic rings. The summed E-state index contributed by atoms with van der Waals surface area (Å²) in [6.45, 7) is 7.39. The second-order valence-electron chi connectivity index (χ2n) is 3.38. The van der Waals surface area contributed by atoms with Crippen LogP contribution in [0.1, 0.15) is 13.3 Å². The molecule has 84 valence electrons. The number of piperazine rings is 1. The van der Waals surface area contributed by atoms with Crippen LogP contribution in [0.3, 0.4) is 0 Å². The lowest BCUT2D eigenvalue weighted by molar-refractivity contribution is -0.122. The minimum Gasteiger partial charge on any atom is -0.355 e. The lowest BCUT2D eigenvalue weighted by Gasteiger charge is -2.26. The lowest BCUT2D eigenvalue weighted by Crippen LogP contribution is -2.47. The Kier molecular flexibility index (Phi) is 7.84. The van der Waals surface area contributed by atoms with Crippen LogP contribution in [-0.4, -0.2) is 50.1 Å². The summed E-state index contributed by atoms with van der Waals surface area (Å²) in [6, 6.07) is 0. The zero-order valence-corrected chi connectivity index (χ0v) is 9.53. The van der Waals surface area contributed by atoms with Gasteiger partial charge in [-0.25, -0.2) is 0 Å². The van der Waals surface area contributed by atoms with Crippen molar-refractivity contribution in [2.24, 2.45) is 0 Å². The molecule has 1 aliphatic heterocycles. The molecule has 0 aromatic heterocycles. The number of hydrogen-bond donors (Lipinski definition) is 2. The molecule has 0 aromatic rings. The predicted molar refractivity (Wildman–Crippen MR) is 59.9 cm³/mol. The Morgan fingerprint density at radius 1 is 1.43 bits per heavy atom. The molecule has 1 rings (SSSR count). The van der Waals surface area contributed by atoms with E-state index in [1.807, 2.05) is 0 Å². The summed E-state index contributed by atoms with van der Waals surface area (Å²) in [4.78, 5) is 13.5. The third-order valence-corrected chi connectivity index (χ3v) is 2.15. The molecule has 0 unspecified atom stereocenters. The summed E-state index contributed by atoms with van der Waals surface area (Å²) in [5.74, 6) is 0.156. The molecule has 0 radical (unpaired) electrons. The van der Waals surface area contributed by atoms with Crippen LogP contribution in [0.2, 0.25) is 0 Å². The Labute approximate surface area is 91.8 Å². The van der Waals surface area contributed by atoms with Crippen LogP contribution in [0.5, 0.6) is 0 Å². The van der Waals surface area contributed by atoms with Gasteiger partial charge in [-0.1, -0.05) is 6.92 Å². The molecular formula is C9H20ClN3O. The first kappa shape index (κ1) is 13.7. The largest absolute Gasteiger partial charge is 0.355 e. The average Bonchev–Trinajstić information content (AvgIpc) is 2.16. The molecule has 0 spiro atoms. The second-order valence-corrected chi connectivity index (χ2v) is 3.38. The van der Waals surface area contributed by atoms with Crippen molar-refractivity contribution in [1.82, 2.24) is 15.5 Å². The van der Waals surface area contributed by atoms with Crippen LogP contribution in [0.4, 0.5) is 0 Å². The SMILES string of the molecule is CCCNC(=O)CN1CCNCC1.Cl. The summed E-state index contributed by atoms with van der Waals surface area (Å²) in [6.07, 6.45) is 1.01. The van der Waals surface area contributed by atoms with Gasteiger partial charge in [0, 0.05) is 32.7 Å². The molecule has 4 nitrogen and oxygen atoms in total. The van der Waals surface area contributed by atoms with Gasteiger partial charge >= 0.3 is 0 Å². The second kappa shape index (κ2) is 8.03. The third-order valence-electron chi connectivity index (χ3n) is 2.15. The van der Waals surface area contributed by atoms with E-state index in [9.17, 15) is 4.79 Å². The van der Waals surface area contributed by atoms with Gasteiger partial charge in [0.15, 0.2) is 0 Å². The van der Waals surface area contributed by atoms with Crippen molar-refractivity contribution < 1.29 is 4.79 Å². The molecule has 0 bridgehead atoms. The van der Waals surface area contributed by atoms with Crippen LogP contribution < -0.4 is 10.6 Å². The van der Waals surface area contributed by atoms with Crippen molar-refractivity contribution in [2.45, 2.75) is 13.3 Å². The molecular weight excluding hydrogens is 202 g/mol. The lowest BCUT2D eigenvalue weighted by atomic mass is 10.3. The van der Waals surface area contributed by atoms with E-state index in [0.29, 0.717) is 6.54 Å². The van der Waals surface area contributed by atoms with E-state index >= 15 is 0 Å². The standard InChI is InChI=1S/C9H19N3O.ClH/c1-2-3-11-9(13)8-12-6-4-10-5-7-12;/h10H,2-8H2,1H3,(H,11,13);1H. The fourth-order valence-electron chi connectivity index (χ4n) is 1.39. The van der Waals surface area contributed by atoms with Gasteiger partial charge in [0.05, 0.1) is 6.54 Å². The Balaban J connectivity index is 0.00000169. The molecule has 1 saturated heterocycles. The van der Waals surface area contributed by atoms with Crippen molar-refractivity contribution in [3.63, 3.8) is 0 Å². The maximum atomic E-state index is 11.3. The molecule has 5 heteroatoms. The summed E-state index contributed by atoms with van der Waals surface area (Å²) in [5.41, 5.74) is 0. The normalized spacial score (nSPS) is 17.2. The smallest absolute Gasteiger partial charge is 0.234 e. The van der Waals surface area contributed by atoms with Crippen molar-refractivity contribution in [3.05, 3.63) is 0 Å². The van der Waals surface area contributed by atoms with Crippen molar-refractivity contribution in [2.75, 3.05) is 39.3 Å². The number of carbonyl (C=O) groups is 1. The zero-order valence-electron chi connectivity index (χ0n) is 8.71. The molecule has 1 amide bonds. The summed E-state index contributed by atoms with van der Waals surface area (Å²) < 4.78 is 0. The average molecular weight is 222 g/mol. The van der Waals surface area contributed by atoms with Gasteiger partial charge in [0.25, 0.3) is 0 Å². The monoisotopic (exact) mass is 221 g/mol. The van der Waals surface area contributed by atoms with Crippen LogP contribution in [0.15, 0.2) is 0 Å². The Morgan fingerprint density at radius 2 is 2.07 bits per heavy atom. The Hall–Kier alpha value is -0.320. The highest BCUT2D eigenvalue weighted by atomic mass is 35.5. The van der Waals surface area contributed by atoms with E-state index in [1.165, 1.54) is 0 Å². The fraction of sp³-hybridized carbons (Fsp3) is 0.889. The minimum atomic E-state index is 0. The molecule has 14 heavy (non-hydrogen) atoms. The summed E-state index contributed by atoms with van der Waals surface area (Å²) in [7, 11) is 0. The van der Waals surface area contributed by atoms with E-state index in [-0.39, 0.29) is 18.3 Å². The van der Waals surface area contributed by atoms with E-state index in [1.54, 1.807) is 0 Å². The van der Waals surface area contributed by atoms with Crippen LogP contribution in [-0.2, 0) is 4.79 Å². The minimum absolute atomic E-state index is 0. The number of carbonyl (C=O) groups excluding carboxylic acids is 1. The van der Waals surface area contributed by atoms with Gasteiger partial charge in [-0.2, -0.15) is 0 Å². The van der Waals surface area contributed by atoms with Crippen LogP contribution >= 0.6 is 12.4 Å². The molecule has 0 aliphatic carbocycles. The third kappa shape index (κ3) is 5.42. The Bertz CT molecular complexity index is 160. The highest BCUT2D eigenvalue weighted by Gasteiger charge is 2.12. The van der Waals surface area contributed by atoms with Crippen molar-refractivity contribution in [1.29, 1.82) is 0 Å². The van der Waals surface area contributed by atoms with Gasteiger partial charge < -0.3 is 10.6 Å². The number of rotatable bonds is 4. The van der Waals surface area contributed by atoms with Gasteiger partial charge in [0.2, 0.25) is 5.91 Å². The topological polar surface area (TPSA) is 44.4 Å². The van der Waals surface area contributed by atoms with E-state index < -0.39 is 0 Å². The Morgan fingerprint density at radius 3 is 2.64 bits per heavy atom. The number of amides is 1. The van der Waals surface area contributed by atoms with Gasteiger partial charge in [0.1, 0.15) is 0 Å². The maximum absolute atomic E-state index is 11.3. The molecule has 2 N–H and O–H groups in total. The van der Waals surface area contributed by atoms with Crippen LogP contribution in [0, 0.1) is 0 Å². The predicted octanol–water partition coefficient (Wildman–Crippen LogP) is -0.160. The first-order valence-electron chi connectivity index (χ1n) is 5.02. The number of nitrogens with zero attached hydrogens (tertiary/aromatic N) is 1. The van der Waals surface area contributed by atoms with E-state index in [2.05, 4.69) is 22.5 Å². The molecule has 0 saturated carbocycles. The highest BCUT2D eigenvalue weighted by molar-refractivity contribution is 5.85. The van der Waals surface area contributed by atoms with Crippen molar-refractivity contribution in [3.8, 4) is 0 Å². The van der Waals surface area contributed by atoms with Gasteiger partial charge in [-0.3, -0.25) is 9.69 Å². The molecule has 0 aromatic carbocycles. The van der Waals surface area contributed by atoms with Crippen LogP contribution in [0.25, 0.3) is 0 Å². The number of halogens is 1. The summed E-state index contributed by atoms with van der Waals surface area (Å²) >= 11 is 0. The van der Waals surface area contributed by atoms with Crippen molar-refractivity contribution >= 4 is 18.3 Å². The zero-order chi connectivity index (χ0) is 9.52. The van der Waals surface area contributed by atoms with E-state index in [4.69, 9.17) is 0 Å².